The Bertz CT molecular complexity index is 569. The minimum Gasteiger partial charge on any atom is -0.299 e. The maximum Gasteiger partial charge on any atom is 0.185 e. The molecule has 110 valence electrons. The van der Waals surface area contributed by atoms with Gasteiger partial charge in [-0.05, 0) is 51.3 Å². The summed E-state index contributed by atoms with van der Waals surface area (Å²) in [5, 5.41) is 0. The normalized spacial score (nSPS) is 31.8. The summed E-state index contributed by atoms with van der Waals surface area (Å²) in [5.74, 6) is 0. The van der Waals surface area contributed by atoms with Gasteiger partial charge in [-0.3, -0.25) is 4.90 Å². The molecule has 3 nitrogen and oxygen atoms in total. The highest BCUT2D eigenvalue weighted by molar-refractivity contribution is 7.92. The smallest absolute Gasteiger partial charge is 0.185 e. The molecule has 2 saturated heterocycles. The lowest BCUT2D eigenvalue weighted by molar-refractivity contribution is 0.0888. The third-order valence-corrected chi connectivity index (χ3v) is 7.52. The van der Waals surface area contributed by atoms with E-state index in [0.29, 0.717) is 17.5 Å². The van der Waals surface area contributed by atoms with E-state index < -0.39 is 14.6 Å². The summed E-state index contributed by atoms with van der Waals surface area (Å²) in [5.41, 5.74) is 0. The Balaban J connectivity index is 1.89. The lowest BCUT2D eigenvalue weighted by Gasteiger charge is -2.47. The summed E-state index contributed by atoms with van der Waals surface area (Å²) >= 11 is 0. The molecule has 0 unspecified atom stereocenters. The van der Waals surface area contributed by atoms with Crippen molar-refractivity contribution in [1.29, 1.82) is 0 Å². The fourth-order valence-corrected chi connectivity index (χ4v) is 5.49. The maximum absolute atomic E-state index is 13.0. The fourth-order valence-electron chi connectivity index (χ4n) is 3.68. The van der Waals surface area contributed by atoms with E-state index in [9.17, 15) is 8.42 Å². The molecule has 0 saturated carbocycles. The van der Waals surface area contributed by atoms with Crippen LogP contribution in [0.3, 0.4) is 0 Å². The van der Waals surface area contributed by atoms with E-state index in [2.05, 4.69) is 4.90 Å². The lowest BCUT2D eigenvalue weighted by atomic mass is 9.88. The predicted octanol–water partition coefficient (Wildman–Crippen LogP) is 2.87. The van der Waals surface area contributed by atoms with Gasteiger partial charge in [0.2, 0.25) is 0 Å². The van der Waals surface area contributed by atoms with E-state index in [0.717, 1.165) is 19.4 Å². The average Bonchev–Trinajstić information content (AvgIpc) is 2.48. The van der Waals surface area contributed by atoms with Gasteiger partial charge in [-0.25, -0.2) is 8.42 Å². The molecule has 2 aliphatic heterocycles. The van der Waals surface area contributed by atoms with Crippen LogP contribution in [0.1, 0.15) is 39.0 Å². The molecular weight excluding hydrogens is 270 g/mol. The Morgan fingerprint density at radius 3 is 2.65 bits per heavy atom. The van der Waals surface area contributed by atoms with Gasteiger partial charge in [0.1, 0.15) is 0 Å². The molecule has 1 aromatic rings. The number of piperidine rings is 2. The average molecular weight is 293 g/mol. The molecule has 2 atom stereocenters. The highest BCUT2D eigenvalue weighted by Gasteiger charge is 2.46. The second kappa shape index (κ2) is 5.15. The van der Waals surface area contributed by atoms with Crippen molar-refractivity contribution >= 4 is 9.84 Å². The summed E-state index contributed by atoms with van der Waals surface area (Å²) in [6.07, 6.45) is 5.54. The van der Waals surface area contributed by atoms with Gasteiger partial charge in [-0.1, -0.05) is 24.6 Å². The van der Waals surface area contributed by atoms with E-state index in [1.165, 1.54) is 19.3 Å². The van der Waals surface area contributed by atoms with E-state index >= 15 is 0 Å². The predicted molar refractivity (Wildman–Crippen MR) is 80.5 cm³/mol. The Labute approximate surface area is 121 Å². The first kappa shape index (κ1) is 14.1. The molecule has 0 bridgehead atoms. The quantitative estimate of drug-likeness (QED) is 0.841. The van der Waals surface area contributed by atoms with Crippen LogP contribution >= 0.6 is 0 Å². The van der Waals surface area contributed by atoms with Gasteiger partial charge in [-0.15, -0.1) is 0 Å². The highest BCUT2D eigenvalue weighted by Crippen LogP contribution is 2.38. The number of sulfone groups is 1. The van der Waals surface area contributed by atoms with Gasteiger partial charge in [0.05, 0.1) is 9.64 Å². The zero-order valence-electron chi connectivity index (χ0n) is 12.1. The van der Waals surface area contributed by atoms with Crippen LogP contribution in [-0.4, -0.2) is 37.2 Å². The third kappa shape index (κ3) is 2.29. The van der Waals surface area contributed by atoms with Crippen molar-refractivity contribution in [3.05, 3.63) is 30.3 Å². The number of hydrogen-bond donors (Lipinski definition) is 0. The maximum atomic E-state index is 13.0. The van der Waals surface area contributed by atoms with Gasteiger partial charge < -0.3 is 0 Å². The van der Waals surface area contributed by atoms with Crippen LogP contribution in [-0.2, 0) is 9.84 Å². The van der Waals surface area contributed by atoms with Crippen molar-refractivity contribution in [3.63, 3.8) is 0 Å². The molecule has 2 aliphatic rings. The minimum atomic E-state index is -3.25. The van der Waals surface area contributed by atoms with Crippen molar-refractivity contribution in [3.8, 4) is 0 Å². The van der Waals surface area contributed by atoms with Gasteiger partial charge in [0.25, 0.3) is 0 Å². The van der Waals surface area contributed by atoms with Crippen LogP contribution in [0.2, 0.25) is 0 Å². The first-order valence-corrected chi connectivity index (χ1v) is 9.05. The number of rotatable bonds is 2. The number of benzene rings is 1. The first-order valence-electron chi connectivity index (χ1n) is 7.57. The molecule has 2 heterocycles. The summed E-state index contributed by atoms with van der Waals surface area (Å²) in [6.45, 7) is 3.68. The Morgan fingerprint density at radius 2 is 1.90 bits per heavy atom. The zero-order chi connectivity index (χ0) is 14.2. The monoisotopic (exact) mass is 293 g/mol. The van der Waals surface area contributed by atoms with Crippen molar-refractivity contribution < 1.29 is 8.42 Å². The summed E-state index contributed by atoms with van der Waals surface area (Å²) in [4.78, 5) is 2.88. The van der Waals surface area contributed by atoms with Gasteiger partial charge in [0, 0.05) is 12.6 Å². The van der Waals surface area contributed by atoms with E-state index in [-0.39, 0.29) is 0 Å². The standard InChI is InChI=1S/C16H23NO2S/c1-16(20(18,19)15-8-3-2-4-9-15)11-10-14-7-5-6-12-17(14)13-16/h2-4,8-9,14H,5-7,10-13H2,1H3/t14-,16-/m0/s1. The lowest BCUT2D eigenvalue weighted by Crippen LogP contribution is -2.56. The topological polar surface area (TPSA) is 37.4 Å². The Kier molecular flexibility index (Phi) is 3.63. The van der Waals surface area contributed by atoms with Gasteiger partial charge >= 0.3 is 0 Å². The van der Waals surface area contributed by atoms with Crippen LogP contribution in [0.15, 0.2) is 35.2 Å². The van der Waals surface area contributed by atoms with Crippen LogP contribution < -0.4 is 0 Å². The molecule has 0 spiro atoms. The van der Waals surface area contributed by atoms with Crippen molar-refractivity contribution in [2.45, 2.75) is 54.7 Å². The molecular formula is C16H23NO2S. The van der Waals surface area contributed by atoms with Gasteiger partial charge in [0.15, 0.2) is 9.84 Å². The third-order valence-electron chi connectivity index (χ3n) is 5.00. The summed E-state index contributed by atoms with van der Waals surface area (Å²) < 4.78 is 25.3. The van der Waals surface area contributed by atoms with Crippen LogP contribution in [0, 0.1) is 0 Å². The van der Waals surface area contributed by atoms with Crippen molar-refractivity contribution in [2.24, 2.45) is 0 Å². The highest BCUT2D eigenvalue weighted by atomic mass is 32.2. The number of hydrogen-bond acceptors (Lipinski definition) is 3. The SMILES string of the molecule is C[C@]1(S(=O)(=O)c2ccccc2)CC[C@@H]2CCCCN2C1. The molecule has 0 N–H and O–H groups in total. The molecule has 0 amide bonds. The zero-order valence-corrected chi connectivity index (χ0v) is 12.9. The summed E-state index contributed by atoms with van der Waals surface area (Å²) in [6, 6.07) is 9.54. The molecule has 1 aromatic carbocycles. The largest absolute Gasteiger partial charge is 0.299 e. The Hall–Kier alpha value is -0.870. The van der Waals surface area contributed by atoms with Crippen molar-refractivity contribution in [1.82, 2.24) is 4.90 Å². The van der Waals surface area contributed by atoms with Crippen molar-refractivity contribution in [2.75, 3.05) is 13.1 Å². The Morgan fingerprint density at radius 1 is 1.15 bits per heavy atom. The van der Waals surface area contributed by atoms with Crippen LogP contribution in [0.4, 0.5) is 0 Å². The number of fused-ring (bicyclic) bond motifs is 1. The second-order valence-electron chi connectivity index (χ2n) is 6.43. The van der Waals surface area contributed by atoms with Gasteiger partial charge in [-0.2, -0.15) is 0 Å². The first-order chi connectivity index (χ1) is 9.53. The van der Waals surface area contributed by atoms with E-state index in [1.54, 1.807) is 12.1 Å². The second-order valence-corrected chi connectivity index (χ2v) is 8.89. The van der Waals surface area contributed by atoms with E-state index in [4.69, 9.17) is 0 Å². The number of nitrogens with zero attached hydrogens (tertiary/aromatic N) is 1. The molecule has 20 heavy (non-hydrogen) atoms. The molecule has 0 aliphatic carbocycles. The molecule has 3 rings (SSSR count). The minimum absolute atomic E-state index is 0.470. The molecule has 2 fully saturated rings. The molecule has 0 radical (unpaired) electrons. The van der Waals surface area contributed by atoms with Crippen LogP contribution in [0.25, 0.3) is 0 Å². The van der Waals surface area contributed by atoms with E-state index in [1.807, 2.05) is 25.1 Å². The molecule has 0 aromatic heterocycles. The summed E-state index contributed by atoms with van der Waals surface area (Å²) in [7, 11) is -3.25. The molecule has 4 heteroatoms. The fraction of sp³-hybridized carbons (Fsp3) is 0.625. The van der Waals surface area contributed by atoms with Crippen LogP contribution in [0.5, 0.6) is 0 Å².